The minimum Gasteiger partial charge on any atom is -0.379 e. The van der Waals surface area contributed by atoms with E-state index in [-0.39, 0.29) is 11.9 Å². The van der Waals surface area contributed by atoms with Crippen molar-refractivity contribution in [3.8, 4) is 0 Å². The number of carbonyl (C=O) groups is 1. The molecule has 1 heterocycles. The number of rotatable bonds is 3. The van der Waals surface area contributed by atoms with Crippen LogP contribution < -0.4 is 11.1 Å². The number of hydrogen-bond donors (Lipinski definition) is 2. The number of nitrogens with one attached hydrogen (secondary N) is 1. The maximum atomic E-state index is 12.1. The molecule has 4 nitrogen and oxygen atoms in total. The third-order valence-electron chi connectivity index (χ3n) is 3.97. The zero-order valence-corrected chi connectivity index (χ0v) is 10.4. The summed E-state index contributed by atoms with van der Waals surface area (Å²) in [6.07, 6.45) is 7.77. The van der Waals surface area contributed by atoms with Crippen LogP contribution in [-0.2, 0) is 9.53 Å². The fourth-order valence-corrected chi connectivity index (χ4v) is 2.40. The Hall–Kier alpha value is -0.870. The standard InChI is InChI=1S/C13H22N2O2/c1-13(9-17-8-11(13)14)12(16)15-7-10-5-3-2-4-6-10/h2-3,10-11H,4-9,14H2,1H3,(H,15,16). The molecule has 2 aliphatic rings. The van der Waals surface area contributed by atoms with Gasteiger partial charge in [0.05, 0.1) is 18.6 Å². The van der Waals surface area contributed by atoms with Gasteiger partial charge in [-0.15, -0.1) is 0 Å². The van der Waals surface area contributed by atoms with E-state index < -0.39 is 5.41 Å². The first-order chi connectivity index (χ1) is 8.13. The van der Waals surface area contributed by atoms with E-state index in [1.165, 1.54) is 0 Å². The number of amides is 1. The maximum absolute atomic E-state index is 12.1. The normalized spacial score (nSPS) is 37.1. The fraction of sp³-hybridized carbons (Fsp3) is 0.769. The van der Waals surface area contributed by atoms with E-state index in [0.29, 0.717) is 19.1 Å². The van der Waals surface area contributed by atoms with Crippen LogP contribution in [0.25, 0.3) is 0 Å². The molecule has 0 aromatic carbocycles. The monoisotopic (exact) mass is 238 g/mol. The molecular formula is C13H22N2O2. The first-order valence-corrected chi connectivity index (χ1v) is 6.39. The average Bonchev–Trinajstić information content (AvgIpc) is 2.69. The van der Waals surface area contributed by atoms with Crippen molar-refractivity contribution >= 4 is 5.91 Å². The third kappa shape index (κ3) is 2.69. The lowest BCUT2D eigenvalue weighted by molar-refractivity contribution is -0.130. The molecule has 0 saturated carbocycles. The molecule has 17 heavy (non-hydrogen) atoms. The van der Waals surface area contributed by atoms with E-state index in [9.17, 15) is 4.79 Å². The Morgan fingerprint density at radius 1 is 1.59 bits per heavy atom. The van der Waals surface area contributed by atoms with Crippen molar-refractivity contribution in [3.05, 3.63) is 12.2 Å². The summed E-state index contributed by atoms with van der Waals surface area (Å²) in [4.78, 5) is 12.1. The van der Waals surface area contributed by atoms with Crippen LogP contribution in [-0.4, -0.2) is 31.7 Å². The smallest absolute Gasteiger partial charge is 0.229 e. The minimum atomic E-state index is -0.551. The molecule has 0 aromatic heterocycles. The Kier molecular flexibility index (Phi) is 3.84. The highest BCUT2D eigenvalue weighted by atomic mass is 16.5. The Labute approximate surface area is 103 Å². The van der Waals surface area contributed by atoms with Gasteiger partial charge in [-0.05, 0) is 32.1 Å². The molecule has 0 bridgehead atoms. The summed E-state index contributed by atoms with van der Waals surface area (Å²) in [7, 11) is 0. The molecule has 0 spiro atoms. The summed E-state index contributed by atoms with van der Waals surface area (Å²) < 4.78 is 5.29. The minimum absolute atomic E-state index is 0.0389. The van der Waals surface area contributed by atoms with Crippen molar-refractivity contribution in [2.45, 2.75) is 32.2 Å². The summed E-state index contributed by atoms with van der Waals surface area (Å²) >= 11 is 0. The largest absolute Gasteiger partial charge is 0.379 e. The lowest BCUT2D eigenvalue weighted by atomic mass is 9.84. The highest BCUT2D eigenvalue weighted by Crippen LogP contribution is 2.27. The Morgan fingerprint density at radius 3 is 3.00 bits per heavy atom. The third-order valence-corrected chi connectivity index (χ3v) is 3.97. The van der Waals surface area contributed by atoms with Crippen LogP contribution in [0.4, 0.5) is 0 Å². The molecule has 1 saturated heterocycles. The highest BCUT2D eigenvalue weighted by molar-refractivity contribution is 5.83. The van der Waals surface area contributed by atoms with Gasteiger partial charge < -0.3 is 15.8 Å². The van der Waals surface area contributed by atoms with Crippen LogP contribution in [0.3, 0.4) is 0 Å². The van der Waals surface area contributed by atoms with E-state index in [2.05, 4.69) is 17.5 Å². The fourth-order valence-electron chi connectivity index (χ4n) is 2.40. The maximum Gasteiger partial charge on any atom is 0.229 e. The second-order valence-electron chi connectivity index (χ2n) is 5.40. The van der Waals surface area contributed by atoms with Gasteiger partial charge in [0.2, 0.25) is 5.91 Å². The molecule has 3 N–H and O–H groups in total. The molecule has 1 amide bonds. The Morgan fingerprint density at radius 2 is 2.41 bits per heavy atom. The molecular weight excluding hydrogens is 216 g/mol. The van der Waals surface area contributed by atoms with Crippen LogP contribution in [0.15, 0.2) is 12.2 Å². The summed E-state index contributed by atoms with van der Waals surface area (Å²) in [5, 5.41) is 3.03. The number of ether oxygens (including phenoxy) is 1. The van der Waals surface area contributed by atoms with Crippen LogP contribution in [0.1, 0.15) is 26.2 Å². The van der Waals surface area contributed by atoms with Gasteiger partial charge in [-0.1, -0.05) is 12.2 Å². The molecule has 2 rings (SSSR count). The predicted molar refractivity (Wildman–Crippen MR) is 66.4 cm³/mol. The summed E-state index contributed by atoms with van der Waals surface area (Å²) in [6.45, 7) is 3.56. The van der Waals surface area contributed by atoms with Crippen molar-refractivity contribution in [2.75, 3.05) is 19.8 Å². The van der Waals surface area contributed by atoms with Crippen molar-refractivity contribution in [1.29, 1.82) is 0 Å². The van der Waals surface area contributed by atoms with Gasteiger partial charge in [-0.25, -0.2) is 0 Å². The van der Waals surface area contributed by atoms with Gasteiger partial charge in [0.15, 0.2) is 0 Å². The van der Waals surface area contributed by atoms with E-state index >= 15 is 0 Å². The van der Waals surface area contributed by atoms with E-state index in [0.717, 1.165) is 25.8 Å². The molecule has 1 aliphatic carbocycles. The molecule has 3 unspecified atom stereocenters. The zero-order chi connectivity index (χ0) is 12.3. The molecule has 1 aliphatic heterocycles. The quantitative estimate of drug-likeness (QED) is 0.716. The number of nitrogens with two attached hydrogens (primary N) is 1. The number of hydrogen-bond acceptors (Lipinski definition) is 3. The predicted octanol–water partition coefficient (Wildman–Crippen LogP) is 0.823. The van der Waals surface area contributed by atoms with Crippen molar-refractivity contribution in [1.82, 2.24) is 5.32 Å². The van der Waals surface area contributed by atoms with E-state index in [1.807, 2.05) is 6.92 Å². The average molecular weight is 238 g/mol. The Balaban J connectivity index is 1.82. The van der Waals surface area contributed by atoms with E-state index in [4.69, 9.17) is 10.5 Å². The van der Waals surface area contributed by atoms with Crippen LogP contribution in [0, 0.1) is 11.3 Å². The lowest BCUT2D eigenvalue weighted by Gasteiger charge is -2.27. The second-order valence-corrected chi connectivity index (χ2v) is 5.40. The van der Waals surface area contributed by atoms with Crippen molar-refractivity contribution < 1.29 is 9.53 Å². The zero-order valence-electron chi connectivity index (χ0n) is 10.4. The SMILES string of the molecule is CC1(C(=O)NCC2CC=CCC2)COCC1N. The van der Waals surface area contributed by atoms with E-state index in [1.54, 1.807) is 0 Å². The van der Waals surface area contributed by atoms with Crippen LogP contribution in [0.2, 0.25) is 0 Å². The molecule has 0 radical (unpaired) electrons. The topological polar surface area (TPSA) is 64.3 Å². The molecule has 1 fully saturated rings. The Bertz CT molecular complexity index is 317. The van der Waals surface area contributed by atoms with Crippen molar-refractivity contribution in [3.63, 3.8) is 0 Å². The molecule has 0 aromatic rings. The number of allylic oxidation sites excluding steroid dienone is 2. The first-order valence-electron chi connectivity index (χ1n) is 6.39. The van der Waals surface area contributed by atoms with Gasteiger partial charge in [-0.3, -0.25) is 4.79 Å². The molecule has 3 atom stereocenters. The van der Waals surface area contributed by atoms with Crippen molar-refractivity contribution in [2.24, 2.45) is 17.1 Å². The second kappa shape index (κ2) is 5.19. The molecule has 4 heteroatoms. The summed E-state index contributed by atoms with van der Waals surface area (Å²) in [6, 6.07) is -0.186. The highest BCUT2D eigenvalue weighted by Gasteiger charge is 2.44. The molecule has 96 valence electrons. The lowest BCUT2D eigenvalue weighted by Crippen LogP contribution is -2.50. The van der Waals surface area contributed by atoms with Gasteiger partial charge in [-0.2, -0.15) is 0 Å². The first kappa shape index (κ1) is 12.6. The van der Waals surface area contributed by atoms with Crippen LogP contribution >= 0.6 is 0 Å². The number of carbonyl (C=O) groups excluding carboxylic acids is 1. The van der Waals surface area contributed by atoms with Crippen LogP contribution in [0.5, 0.6) is 0 Å². The summed E-state index contributed by atoms with van der Waals surface area (Å²) in [5.41, 5.74) is 5.37. The van der Waals surface area contributed by atoms with Gasteiger partial charge in [0.25, 0.3) is 0 Å². The summed E-state index contributed by atoms with van der Waals surface area (Å²) in [5.74, 6) is 0.614. The van der Waals surface area contributed by atoms with Gasteiger partial charge >= 0.3 is 0 Å². The van der Waals surface area contributed by atoms with Gasteiger partial charge in [0.1, 0.15) is 0 Å². The van der Waals surface area contributed by atoms with Gasteiger partial charge in [0, 0.05) is 12.6 Å².